The third kappa shape index (κ3) is 4.07. The summed E-state index contributed by atoms with van der Waals surface area (Å²) in [6.07, 6.45) is 11.3. The van der Waals surface area contributed by atoms with Crippen molar-refractivity contribution in [1.82, 2.24) is 14.9 Å². The number of rotatable bonds is 4. The summed E-state index contributed by atoms with van der Waals surface area (Å²) in [6, 6.07) is 1.18. The number of hydrogen-bond acceptors (Lipinski definition) is 2. The topological polar surface area (TPSA) is 29.9 Å². The molecule has 0 aromatic carbocycles. The molecule has 1 aromatic heterocycles. The Morgan fingerprint density at radius 3 is 2.68 bits per heavy atom. The summed E-state index contributed by atoms with van der Waals surface area (Å²) in [5.41, 5.74) is 0.410. The molecule has 0 aliphatic heterocycles. The minimum Gasteiger partial charge on any atom is -0.336 e. The third-order valence-electron chi connectivity index (χ3n) is 4.42. The van der Waals surface area contributed by atoms with Gasteiger partial charge in [-0.15, -0.1) is 0 Å². The van der Waals surface area contributed by atoms with E-state index < -0.39 is 0 Å². The summed E-state index contributed by atoms with van der Waals surface area (Å²) in [4.78, 5) is 4.11. The first-order valence-electron chi connectivity index (χ1n) is 7.68. The van der Waals surface area contributed by atoms with E-state index in [1.807, 2.05) is 18.7 Å². The number of imidazole rings is 1. The van der Waals surface area contributed by atoms with Gasteiger partial charge in [0.15, 0.2) is 0 Å². The molecule has 108 valence electrons. The largest absolute Gasteiger partial charge is 0.336 e. The van der Waals surface area contributed by atoms with Crippen LogP contribution in [0.1, 0.15) is 53.4 Å². The summed E-state index contributed by atoms with van der Waals surface area (Å²) >= 11 is 0. The number of hydrogen-bond donors (Lipinski definition) is 1. The molecule has 1 heterocycles. The number of nitrogens with zero attached hydrogens (tertiary/aromatic N) is 2. The number of aromatic nitrogens is 2. The van der Waals surface area contributed by atoms with E-state index in [-0.39, 0.29) is 0 Å². The molecule has 0 bridgehead atoms. The first kappa shape index (κ1) is 14.6. The standard InChI is InChI=1S/C16H29N3/c1-13(11-19-10-9-17-12-19)18-15-8-6-5-7-14(15)16(2,3)4/h9-10,12-15,18H,5-8,11H2,1-4H3. The minimum absolute atomic E-state index is 0.410. The zero-order valence-electron chi connectivity index (χ0n) is 12.9. The van der Waals surface area contributed by atoms with E-state index in [0.29, 0.717) is 17.5 Å². The van der Waals surface area contributed by atoms with E-state index in [1.54, 1.807) is 0 Å². The normalized spacial score (nSPS) is 26.3. The highest BCUT2D eigenvalue weighted by Gasteiger charge is 2.34. The Hall–Kier alpha value is -0.830. The Labute approximate surface area is 117 Å². The molecule has 1 aliphatic carbocycles. The predicted octanol–water partition coefficient (Wildman–Crippen LogP) is 3.47. The first-order valence-corrected chi connectivity index (χ1v) is 7.68. The van der Waals surface area contributed by atoms with Gasteiger partial charge in [0.25, 0.3) is 0 Å². The summed E-state index contributed by atoms with van der Waals surface area (Å²) in [5, 5.41) is 3.87. The lowest BCUT2D eigenvalue weighted by Gasteiger charge is -2.42. The molecule has 0 radical (unpaired) electrons. The smallest absolute Gasteiger partial charge is 0.0946 e. The molecule has 3 unspecified atom stereocenters. The summed E-state index contributed by atoms with van der Waals surface area (Å²) in [6.45, 7) is 10.5. The quantitative estimate of drug-likeness (QED) is 0.901. The molecular formula is C16H29N3. The van der Waals surface area contributed by atoms with Gasteiger partial charge in [-0.2, -0.15) is 0 Å². The molecule has 1 saturated carbocycles. The van der Waals surface area contributed by atoms with Gasteiger partial charge in [-0.3, -0.25) is 0 Å². The van der Waals surface area contributed by atoms with Crippen LogP contribution in [0.5, 0.6) is 0 Å². The molecule has 3 heteroatoms. The Morgan fingerprint density at radius 2 is 2.05 bits per heavy atom. The Bertz CT molecular complexity index is 364. The van der Waals surface area contributed by atoms with E-state index in [9.17, 15) is 0 Å². The van der Waals surface area contributed by atoms with Crippen LogP contribution in [0.2, 0.25) is 0 Å². The van der Waals surface area contributed by atoms with E-state index in [4.69, 9.17) is 0 Å². The zero-order chi connectivity index (χ0) is 13.9. The van der Waals surface area contributed by atoms with Gasteiger partial charge in [-0.25, -0.2) is 4.98 Å². The van der Waals surface area contributed by atoms with Crippen molar-refractivity contribution in [3.05, 3.63) is 18.7 Å². The molecule has 3 nitrogen and oxygen atoms in total. The van der Waals surface area contributed by atoms with Crippen molar-refractivity contribution in [2.45, 2.75) is 72.0 Å². The third-order valence-corrected chi connectivity index (χ3v) is 4.42. The van der Waals surface area contributed by atoms with Gasteiger partial charge in [0.1, 0.15) is 0 Å². The first-order chi connectivity index (χ1) is 8.97. The maximum Gasteiger partial charge on any atom is 0.0946 e. The minimum atomic E-state index is 0.410. The van der Waals surface area contributed by atoms with Crippen LogP contribution in [0.4, 0.5) is 0 Å². The van der Waals surface area contributed by atoms with Gasteiger partial charge in [0, 0.05) is 31.0 Å². The summed E-state index contributed by atoms with van der Waals surface area (Å²) < 4.78 is 2.16. The molecule has 0 saturated heterocycles. The van der Waals surface area contributed by atoms with Gasteiger partial charge in [-0.05, 0) is 31.1 Å². The van der Waals surface area contributed by atoms with E-state index in [1.165, 1.54) is 25.7 Å². The van der Waals surface area contributed by atoms with Gasteiger partial charge in [0.05, 0.1) is 6.33 Å². The molecule has 1 aliphatic rings. The second-order valence-electron chi connectivity index (χ2n) is 7.19. The maximum atomic E-state index is 4.11. The summed E-state index contributed by atoms with van der Waals surface area (Å²) in [7, 11) is 0. The molecular weight excluding hydrogens is 234 g/mol. The monoisotopic (exact) mass is 263 g/mol. The molecule has 0 spiro atoms. The predicted molar refractivity (Wildman–Crippen MR) is 80.0 cm³/mol. The van der Waals surface area contributed by atoms with Crippen LogP contribution < -0.4 is 5.32 Å². The van der Waals surface area contributed by atoms with Crippen molar-refractivity contribution in [3.8, 4) is 0 Å². The van der Waals surface area contributed by atoms with Crippen molar-refractivity contribution >= 4 is 0 Å². The Kier molecular flexibility index (Phi) is 4.67. The average Bonchev–Trinajstić information content (AvgIpc) is 2.81. The lowest BCUT2D eigenvalue weighted by Crippen LogP contribution is -2.48. The zero-order valence-corrected chi connectivity index (χ0v) is 12.9. The van der Waals surface area contributed by atoms with Gasteiger partial charge < -0.3 is 9.88 Å². The van der Waals surface area contributed by atoms with E-state index in [2.05, 4.69) is 42.6 Å². The molecule has 1 aromatic rings. The van der Waals surface area contributed by atoms with Gasteiger partial charge >= 0.3 is 0 Å². The molecule has 3 atom stereocenters. The van der Waals surface area contributed by atoms with Crippen LogP contribution >= 0.6 is 0 Å². The van der Waals surface area contributed by atoms with Crippen molar-refractivity contribution in [3.63, 3.8) is 0 Å². The number of nitrogens with one attached hydrogen (secondary N) is 1. The lowest BCUT2D eigenvalue weighted by atomic mass is 9.69. The van der Waals surface area contributed by atoms with Crippen LogP contribution in [0.3, 0.4) is 0 Å². The molecule has 19 heavy (non-hydrogen) atoms. The summed E-state index contributed by atoms with van der Waals surface area (Å²) in [5.74, 6) is 0.798. The van der Waals surface area contributed by atoms with Crippen LogP contribution in [0, 0.1) is 11.3 Å². The van der Waals surface area contributed by atoms with Crippen molar-refractivity contribution in [1.29, 1.82) is 0 Å². The fourth-order valence-corrected chi connectivity index (χ4v) is 3.50. The van der Waals surface area contributed by atoms with Crippen LogP contribution in [0.25, 0.3) is 0 Å². The maximum absolute atomic E-state index is 4.11. The molecule has 2 rings (SSSR count). The van der Waals surface area contributed by atoms with Gasteiger partial charge in [-0.1, -0.05) is 33.6 Å². The molecule has 0 amide bonds. The SMILES string of the molecule is CC(Cn1ccnc1)NC1CCCCC1C(C)(C)C. The molecule has 1 N–H and O–H groups in total. The van der Waals surface area contributed by atoms with Gasteiger partial charge in [0.2, 0.25) is 0 Å². The average molecular weight is 263 g/mol. The fraction of sp³-hybridized carbons (Fsp3) is 0.812. The van der Waals surface area contributed by atoms with Crippen LogP contribution in [0.15, 0.2) is 18.7 Å². The fourth-order valence-electron chi connectivity index (χ4n) is 3.50. The Morgan fingerprint density at radius 1 is 1.32 bits per heavy atom. The van der Waals surface area contributed by atoms with Crippen molar-refractivity contribution in [2.24, 2.45) is 11.3 Å². The second-order valence-corrected chi connectivity index (χ2v) is 7.19. The van der Waals surface area contributed by atoms with Crippen molar-refractivity contribution in [2.75, 3.05) is 0 Å². The van der Waals surface area contributed by atoms with Crippen LogP contribution in [-0.2, 0) is 6.54 Å². The highest BCUT2D eigenvalue weighted by Crippen LogP contribution is 2.38. The van der Waals surface area contributed by atoms with Crippen LogP contribution in [-0.4, -0.2) is 21.6 Å². The molecule has 1 fully saturated rings. The second kappa shape index (κ2) is 6.08. The van der Waals surface area contributed by atoms with Crippen molar-refractivity contribution < 1.29 is 0 Å². The van der Waals surface area contributed by atoms with E-state index in [0.717, 1.165) is 12.5 Å². The van der Waals surface area contributed by atoms with E-state index >= 15 is 0 Å². The lowest BCUT2D eigenvalue weighted by molar-refractivity contribution is 0.122. The Balaban J connectivity index is 1.92. The highest BCUT2D eigenvalue weighted by atomic mass is 15.1. The highest BCUT2D eigenvalue weighted by molar-refractivity contribution is 4.89.